The fourth-order valence-corrected chi connectivity index (χ4v) is 1.68. The summed E-state index contributed by atoms with van der Waals surface area (Å²) >= 11 is 0. The summed E-state index contributed by atoms with van der Waals surface area (Å²) in [4.78, 5) is 13.5. The van der Waals surface area contributed by atoms with Crippen LogP contribution >= 0.6 is 0 Å². The van der Waals surface area contributed by atoms with Crippen molar-refractivity contribution in [1.29, 1.82) is 0 Å². The third kappa shape index (κ3) is 5.83. The zero-order chi connectivity index (χ0) is 14.1. The SMILES string of the molecule is CNC(=O)c1ccc(CN(C)CCOCCO)cc1. The van der Waals surface area contributed by atoms with E-state index in [1.54, 1.807) is 7.05 Å². The van der Waals surface area contributed by atoms with Gasteiger partial charge in [-0.2, -0.15) is 0 Å². The van der Waals surface area contributed by atoms with Gasteiger partial charge in [-0.3, -0.25) is 9.69 Å². The molecule has 0 aromatic heterocycles. The first-order chi connectivity index (χ1) is 9.17. The van der Waals surface area contributed by atoms with Crippen LogP contribution in [0.1, 0.15) is 15.9 Å². The molecule has 0 aliphatic carbocycles. The van der Waals surface area contributed by atoms with Gasteiger partial charge >= 0.3 is 0 Å². The van der Waals surface area contributed by atoms with E-state index in [0.717, 1.165) is 18.7 Å². The summed E-state index contributed by atoms with van der Waals surface area (Å²) in [6.07, 6.45) is 0. The van der Waals surface area contributed by atoms with Gasteiger partial charge in [0.15, 0.2) is 0 Å². The smallest absolute Gasteiger partial charge is 0.251 e. The molecular weight excluding hydrogens is 244 g/mol. The Morgan fingerprint density at radius 2 is 2.00 bits per heavy atom. The molecule has 0 radical (unpaired) electrons. The van der Waals surface area contributed by atoms with Crippen LogP contribution in [-0.4, -0.2) is 56.4 Å². The number of aliphatic hydroxyl groups excluding tert-OH is 1. The molecular formula is C14H22N2O3. The molecule has 1 amide bonds. The van der Waals surface area contributed by atoms with E-state index in [9.17, 15) is 4.79 Å². The second-order valence-corrected chi connectivity index (χ2v) is 4.35. The molecule has 0 heterocycles. The molecule has 1 aromatic carbocycles. The number of nitrogens with one attached hydrogen (secondary N) is 1. The quantitative estimate of drug-likeness (QED) is 0.672. The van der Waals surface area contributed by atoms with Crippen LogP contribution in [-0.2, 0) is 11.3 Å². The third-order valence-electron chi connectivity index (χ3n) is 2.75. The summed E-state index contributed by atoms with van der Waals surface area (Å²) in [6.45, 7) is 2.65. The molecule has 0 aliphatic rings. The maximum absolute atomic E-state index is 11.4. The molecule has 0 atom stereocenters. The molecule has 2 N–H and O–H groups in total. The van der Waals surface area contributed by atoms with Crippen LogP contribution in [0.3, 0.4) is 0 Å². The highest BCUT2D eigenvalue weighted by Gasteiger charge is 2.04. The fraction of sp³-hybridized carbons (Fsp3) is 0.500. The summed E-state index contributed by atoms with van der Waals surface area (Å²) < 4.78 is 5.21. The second kappa shape index (κ2) is 8.63. The molecule has 0 aliphatic heterocycles. The van der Waals surface area contributed by atoms with Crippen LogP contribution in [0.25, 0.3) is 0 Å². The van der Waals surface area contributed by atoms with Crippen molar-refractivity contribution in [1.82, 2.24) is 10.2 Å². The van der Waals surface area contributed by atoms with Crippen molar-refractivity contribution in [3.05, 3.63) is 35.4 Å². The molecule has 1 aromatic rings. The maximum Gasteiger partial charge on any atom is 0.251 e. The number of benzene rings is 1. The maximum atomic E-state index is 11.4. The van der Waals surface area contributed by atoms with Crippen LogP contribution in [0.4, 0.5) is 0 Å². The molecule has 0 fully saturated rings. The molecule has 106 valence electrons. The Kier molecular flexibility index (Phi) is 7.10. The zero-order valence-corrected chi connectivity index (χ0v) is 11.6. The van der Waals surface area contributed by atoms with Crippen molar-refractivity contribution in [2.75, 3.05) is 40.5 Å². The highest BCUT2D eigenvalue weighted by Crippen LogP contribution is 2.06. The normalized spacial score (nSPS) is 10.7. The Bertz CT molecular complexity index is 379. The molecule has 5 nitrogen and oxygen atoms in total. The lowest BCUT2D eigenvalue weighted by Gasteiger charge is -2.16. The lowest BCUT2D eigenvalue weighted by molar-refractivity contribution is 0.0773. The van der Waals surface area contributed by atoms with Gasteiger partial charge in [0.1, 0.15) is 0 Å². The Morgan fingerprint density at radius 3 is 2.58 bits per heavy atom. The number of ether oxygens (including phenoxy) is 1. The average Bonchev–Trinajstić information content (AvgIpc) is 2.43. The van der Waals surface area contributed by atoms with Gasteiger partial charge in [0, 0.05) is 25.7 Å². The number of carbonyl (C=O) groups is 1. The van der Waals surface area contributed by atoms with Crippen LogP contribution in [0.2, 0.25) is 0 Å². The van der Waals surface area contributed by atoms with Gasteiger partial charge in [-0.25, -0.2) is 0 Å². The highest BCUT2D eigenvalue weighted by atomic mass is 16.5. The molecule has 19 heavy (non-hydrogen) atoms. The summed E-state index contributed by atoms with van der Waals surface area (Å²) in [6, 6.07) is 7.56. The number of rotatable bonds is 8. The van der Waals surface area contributed by atoms with Crippen molar-refractivity contribution >= 4 is 5.91 Å². The number of amides is 1. The molecule has 0 saturated carbocycles. The van der Waals surface area contributed by atoms with Crippen LogP contribution in [0.15, 0.2) is 24.3 Å². The van der Waals surface area contributed by atoms with Crippen molar-refractivity contribution in [3.8, 4) is 0 Å². The van der Waals surface area contributed by atoms with E-state index in [1.807, 2.05) is 31.3 Å². The lowest BCUT2D eigenvalue weighted by Crippen LogP contribution is -2.23. The van der Waals surface area contributed by atoms with Gasteiger partial charge in [-0.15, -0.1) is 0 Å². The summed E-state index contributed by atoms with van der Waals surface area (Å²) in [7, 11) is 3.63. The number of likely N-dealkylation sites (N-methyl/N-ethyl adjacent to an activating group) is 1. The number of nitrogens with zero attached hydrogens (tertiary/aromatic N) is 1. The van der Waals surface area contributed by atoms with Crippen LogP contribution in [0.5, 0.6) is 0 Å². The highest BCUT2D eigenvalue weighted by molar-refractivity contribution is 5.93. The number of carbonyl (C=O) groups excluding carboxylic acids is 1. The standard InChI is InChI=1S/C14H22N2O3/c1-15-14(18)13-5-3-12(4-6-13)11-16(2)7-9-19-10-8-17/h3-6,17H,7-11H2,1-2H3,(H,15,18). The van der Waals surface area contributed by atoms with E-state index < -0.39 is 0 Å². The van der Waals surface area contributed by atoms with Gasteiger partial charge in [0.2, 0.25) is 0 Å². The predicted octanol–water partition coefficient (Wildman–Crippen LogP) is 0.487. The Hall–Kier alpha value is -1.43. The van der Waals surface area contributed by atoms with Crippen molar-refractivity contribution in [3.63, 3.8) is 0 Å². The summed E-state index contributed by atoms with van der Waals surface area (Å²) in [5.41, 5.74) is 1.82. The third-order valence-corrected chi connectivity index (χ3v) is 2.75. The lowest BCUT2D eigenvalue weighted by atomic mass is 10.1. The first-order valence-electron chi connectivity index (χ1n) is 6.35. The van der Waals surface area contributed by atoms with Crippen molar-refractivity contribution in [2.45, 2.75) is 6.54 Å². The minimum Gasteiger partial charge on any atom is -0.394 e. The average molecular weight is 266 g/mol. The molecule has 0 bridgehead atoms. The second-order valence-electron chi connectivity index (χ2n) is 4.35. The fourth-order valence-electron chi connectivity index (χ4n) is 1.68. The van der Waals surface area contributed by atoms with Gasteiger partial charge in [-0.05, 0) is 24.7 Å². The van der Waals surface area contributed by atoms with E-state index in [0.29, 0.717) is 18.8 Å². The van der Waals surface area contributed by atoms with E-state index in [4.69, 9.17) is 9.84 Å². The molecule has 0 unspecified atom stereocenters. The van der Waals surface area contributed by atoms with E-state index in [1.165, 1.54) is 0 Å². The molecule has 0 spiro atoms. The van der Waals surface area contributed by atoms with Gasteiger partial charge in [0.05, 0.1) is 19.8 Å². The van der Waals surface area contributed by atoms with Crippen LogP contribution < -0.4 is 5.32 Å². The minimum atomic E-state index is -0.0719. The number of hydrogen-bond acceptors (Lipinski definition) is 4. The first-order valence-corrected chi connectivity index (χ1v) is 6.35. The van der Waals surface area contributed by atoms with Crippen molar-refractivity contribution in [2.24, 2.45) is 0 Å². The Labute approximate surface area is 114 Å². The van der Waals surface area contributed by atoms with Crippen molar-refractivity contribution < 1.29 is 14.6 Å². The molecule has 0 saturated heterocycles. The molecule has 1 rings (SSSR count). The van der Waals surface area contributed by atoms with Crippen LogP contribution in [0, 0.1) is 0 Å². The van der Waals surface area contributed by atoms with Gasteiger partial charge in [0.25, 0.3) is 5.91 Å². The van der Waals surface area contributed by atoms with Gasteiger partial charge < -0.3 is 15.2 Å². The van der Waals surface area contributed by atoms with E-state index >= 15 is 0 Å². The van der Waals surface area contributed by atoms with E-state index in [-0.39, 0.29) is 12.5 Å². The zero-order valence-electron chi connectivity index (χ0n) is 11.6. The monoisotopic (exact) mass is 266 g/mol. The first kappa shape index (κ1) is 15.6. The predicted molar refractivity (Wildman–Crippen MR) is 74.1 cm³/mol. The number of aliphatic hydroxyl groups is 1. The minimum absolute atomic E-state index is 0.0602. The Morgan fingerprint density at radius 1 is 1.32 bits per heavy atom. The largest absolute Gasteiger partial charge is 0.394 e. The molecule has 5 heteroatoms. The number of hydrogen-bond donors (Lipinski definition) is 2. The Balaban J connectivity index is 2.38. The van der Waals surface area contributed by atoms with Gasteiger partial charge in [-0.1, -0.05) is 12.1 Å². The van der Waals surface area contributed by atoms with E-state index in [2.05, 4.69) is 10.2 Å². The summed E-state index contributed by atoms with van der Waals surface area (Å²) in [5.74, 6) is -0.0719. The topological polar surface area (TPSA) is 61.8 Å². The summed E-state index contributed by atoms with van der Waals surface area (Å²) in [5, 5.41) is 11.2.